The average Bonchev–Trinajstić information content (AvgIpc) is 2.42. The van der Waals surface area contributed by atoms with Gasteiger partial charge in [0.25, 0.3) is 0 Å². The minimum atomic E-state index is 0.202. The summed E-state index contributed by atoms with van der Waals surface area (Å²) in [6, 6.07) is 5.95. The standard InChI is InChI=1S/C14H22BrN3O2/c1-19-8-7-18(6-5-14(16)17)10-11-9-12(15)3-4-13(11)20-2/h3-4,9H,5-8,10H2,1-2H3,(H3,16,17). The number of hydrogen-bond acceptors (Lipinski definition) is 4. The van der Waals surface area contributed by atoms with Crippen molar-refractivity contribution in [1.82, 2.24) is 4.90 Å². The molecule has 5 nitrogen and oxygen atoms in total. The van der Waals surface area contributed by atoms with Gasteiger partial charge in [0.05, 0.1) is 19.6 Å². The predicted octanol–water partition coefficient (Wildman–Crippen LogP) is 2.23. The van der Waals surface area contributed by atoms with Crippen molar-refractivity contribution in [2.24, 2.45) is 5.73 Å². The molecule has 0 heterocycles. The van der Waals surface area contributed by atoms with Crippen molar-refractivity contribution in [1.29, 1.82) is 5.41 Å². The molecule has 1 aromatic carbocycles. The molecule has 1 aromatic rings. The Balaban J connectivity index is 2.76. The van der Waals surface area contributed by atoms with Crippen molar-refractivity contribution >= 4 is 21.8 Å². The third-order valence-corrected chi connectivity index (χ3v) is 3.44. The minimum Gasteiger partial charge on any atom is -0.496 e. The van der Waals surface area contributed by atoms with Crippen molar-refractivity contribution in [3.8, 4) is 5.75 Å². The third kappa shape index (κ3) is 5.90. The number of nitrogens with two attached hydrogens (primary N) is 1. The van der Waals surface area contributed by atoms with Crippen LogP contribution in [0.4, 0.5) is 0 Å². The van der Waals surface area contributed by atoms with E-state index in [0.717, 1.165) is 35.4 Å². The lowest BCUT2D eigenvalue weighted by molar-refractivity contribution is 0.145. The van der Waals surface area contributed by atoms with Crippen LogP contribution in [0.5, 0.6) is 5.75 Å². The van der Waals surface area contributed by atoms with Crippen molar-refractivity contribution < 1.29 is 9.47 Å². The van der Waals surface area contributed by atoms with Gasteiger partial charge in [-0.3, -0.25) is 10.3 Å². The summed E-state index contributed by atoms with van der Waals surface area (Å²) < 4.78 is 11.5. The van der Waals surface area contributed by atoms with Gasteiger partial charge in [-0.1, -0.05) is 15.9 Å². The molecular weight excluding hydrogens is 322 g/mol. The normalized spacial score (nSPS) is 10.8. The number of rotatable bonds is 9. The zero-order valence-corrected chi connectivity index (χ0v) is 13.6. The van der Waals surface area contributed by atoms with E-state index in [-0.39, 0.29) is 5.84 Å². The van der Waals surface area contributed by atoms with Gasteiger partial charge in [0, 0.05) is 43.2 Å². The summed E-state index contributed by atoms with van der Waals surface area (Å²) in [5, 5.41) is 7.34. The van der Waals surface area contributed by atoms with Crippen LogP contribution in [0.2, 0.25) is 0 Å². The Morgan fingerprint density at radius 3 is 2.70 bits per heavy atom. The zero-order chi connectivity index (χ0) is 15.0. The lowest BCUT2D eigenvalue weighted by atomic mass is 10.2. The first-order chi connectivity index (χ1) is 9.56. The Morgan fingerprint density at radius 1 is 1.35 bits per heavy atom. The maximum Gasteiger partial charge on any atom is 0.123 e. The molecule has 1 rings (SSSR count). The van der Waals surface area contributed by atoms with Gasteiger partial charge in [0.15, 0.2) is 0 Å². The molecule has 3 N–H and O–H groups in total. The number of nitrogens with one attached hydrogen (secondary N) is 1. The summed E-state index contributed by atoms with van der Waals surface area (Å²) in [5.74, 6) is 1.06. The Bertz CT molecular complexity index is 440. The molecule has 0 atom stereocenters. The highest BCUT2D eigenvalue weighted by Gasteiger charge is 2.11. The second-order valence-electron chi connectivity index (χ2n) is 4.50. The van der Waals surface area contributed by atoms with Gasteiger partial charge in [-0.15, -0.1) is 0 Å². The van der Waals surface area contributed by atoms with E-state index >= 15 is 0 Å². The van der Waals surface area contributed by atoms with Crippen LogP contribution in [0.3, 0.4) is 0 Å². The fraction of sp³-hybridized carbons (Fsp3) is 0.500. The fourth-order valence-electron chi connectivity index (χ4n) is 1.88. The first-order valence-electron chi connectivity index (χ1n) is 6.43. The Morgan fingerprint density at radius 2 is 2.10 bits per heavy atom. The molecule has 0 bridgehead atoms. The van der Waals surface area contributed by atoms with E-state index < -0.39 is 0 Å². The molecule has 0 unspecified atom stereocenters. The van der Waals surface area contributed by atoms with Crippen molar-refractivity contribution in [3.05, 3.63) is 28.2 Å². The monoisotopic (exact) mass is 343 g/mol. The van der Waals surface area contributed by atoms with Crippen LogP contribution in [-0.4, -0.2) is 44.7 Å². The van der Waals surface area contributed by atoms with Gasteiger partial charge in [-0.25, -0.2) is 0 Å². The van der Waals surface area contributed by atoms with Crippen LogP contribution in [0.15, 0.2) is 22.7 Å². The lowest BCUT2D eigenvalue weighted by Gasteiger charge is -2.23. The maximum absolute atomic E-state index is 7.34. The average molecular weight is 344 g/mol. The molecule has 0 aliphatic carbocycles. The highest BCUT2D eigenvalue weighted by atomic mass is 79.9. The van der Waals surface area contributed by atoms with Crippen LogP contribution in [0.25, 0.3) is 0 Å². The number of methoxy groups -OCH3 is 2. The summed E-state index contributed by atoms with van der Waals surface area (Å²) in [5.41, 5.74) is 6.53. The molecule has 0 aliphatic rings. The topological polar surface area (TPSA) is 71.6 Å². The number of nitrogens with zero attached hydrogens (tertiary/aromatic N) is 1. The number of amidine groups is 1. The lowest BCUT2D eigenvalue weighted by Crippen LogP contribution is -2.30. The highest BCUT2D eigenvalue weighted by molar-refractivity contribution is 9.10. The van der Waals surface area contributed by atoms with Crippen LogP contribution < -0.4 is 10.5 Å². The number of ether oxygens (including phenoxy) is 2. The molecule has 0 amide bonds. The first-order valence-corrected chi connectivity index (χ1v) is 7.22. The molecular formula is C14H22BrN3O2. The van der Waals surface area contributed by atoms with Crippen LogP contribution in [0, 0.1) is 5.41 Å². The smallest absolute Gasteiger partial charge is 0.123 e. The number of hydrogen-bond donors (Lipinski definition) is 2. The van der Waals surface area contributed by atoms with Crippen LogP contribution in [-0.2, 0) is 11.3 Å². The van der Waals surface area contributed by atoms with Gasteiger partial charge in [-0.2, -0.15) is 0 Å². The van der Waals surface area contributed by atoms with Crippen LogP contribution in [0.1, 0.15) is 12.0 Å². The van der Waals surface area contributed by atoms with Gasteiger partial charge in [-0.05, 0) is 18.2 Å². The second-order valence-corrected chi connectivity index (χ2v) is 5.42. The summed E-state index contributed by atoms with van der Waals surface area (Å²) in [4.78, 5) is 2.20. The molecule has 0 radical (unpaired) electrons. The molecule has 0 spiro atoms. The summed E-state index contributed by atoms with van der Waals surface area (Å²) in [6.07, 6.45) is 0.556. The van der Waals surface area contributed by atoms with E-state index in [4.69, 9.17) is 20.6 Å². The van der Waals surface area contributed by atoms with Gasteiger partial charge in [0.2, 0.25) is 0 Å². The van der Waals surface area contributed by atoms with Gasteiger partial charge in [0.1, 0.15) is 5.75 Å². The number of halogens is 1. The molecule has 0 saturated carbocycles. The third-order valence-electron chi connectivity index (χ3n) is 2.95. The molecule has 0 saturated heterocycles. The zero-order valence-electron chi connectivity index (χ0n) is 12.0. The molecule has 0 fully saturated rings. The summed E-state index contributed by atoms with van der Waals surface area (Å²) >= 11 is 3.48. The first kappa shape index (κ1) is 16.9. The molecule has 112 valence electrons. The van der Waals surface area contributed by atoms with Gasteiger partial charge < -0.3 is 15.2 Å². The van der Waals surface area contributed by atoms with E-state index in [2.05, 4.69) is 20.8 Å². The predicted molar refractivity (Wildman–Crippen MR) is 84.4 cm³/mol. The summed E-state index contributed by atoms with van der Waals surface area (Å²) in [7, 11) is 3.35. The van der Waals surface area contributed by atoms with Gasteiger partial charge >= 0.3 is 0 Å². The number of benzene rings is 1. The largest absolute Gasteiger partial charge is 0.496 e. The quantitative estimate of drug-likeness (QED) is 0.532. The van der Waals surface area contributed by atoms with E-state index in [0.29, 0.717) is 13.0 Å². The van der Waals surface area contributed by atoms with E-state index in [9.17, 15) is 0 Å². The molecule has 0 aromatic heterocycles. The Kier molecular flexibility index (Phi) is 7.58. The fourth-order valence-corrected chi connectivity index (χ4v) is 2.29. The highest BCUT2D eigenvalue weighted by Crippen LogP contribution is 2.24. The van der Waals surface area contributed by atoms with E-state index in [1.165, 1.54) is 0 Å². The molecule has 6 heteroatoms. The van der Waals surface area contributed by atoms with Crippen molar-refractivity contribution in [2.75, 3.05) is 33.9 Å². The molecule has 0 aliphatic heterocycles. The SMILES string of the molecule is COCCN(CCC(=N)N)Cc1cc(Br)ccc1OC. The Labute approximate surface area is 128 Å². The minimum absolute atomic E-state index is 0.202. The van der Waals surface area contributed by atoms with Crippen molar-refractivity contribution in [2.45, 2.75) is 13.0 Å². The van der Waals surface area contributed by atoms with E-state index in [1.54, 1.807) is 14.2 Å². The Hall–Kier alpha value is -1.11. The van der Waals surface area contributed by atoms with E-state index in [1.807, 2.05) is 18.2 Å². The maximum atomic E-state index is 7.34. The van der Waals surface area contributed by atoms with Crippen molar-refractivity contribution in [3.63, 3.8) is 0 Å². The summed E-state index contributed by atoms with van der Waals surface area (Å²) in [6.45, 7) is 2.90. The molecule has 20 heavy (non-hydrogen) atoms. The second kappa shape index (κ2) is 8.94. The van der Waals surface area contributed by atoms with Crippen LogP contribution >= 0.6 is 15.9 Å².